The molecular formula is C22H23N3O4S. The molecule has 1 saturated heterocycles. The summed E-state index contributed by atoms with van der Waals surface area (Å²) in [4.78, 5) is 38.2. The zero-order valence-electron chi connectivity index (χ0n) is 17.3. The predicted molar refractivity (Wildman–Crippen MR) is 117 cm³/mol. The van der Waals surface area contributed by atoms with E-state index in [2.05, 4.69) is 5.32 Å². The van der Waals surface area contributed by atoms with Gasteiger partial charge < -0.3 is 9.30 Å². The molecule has 1 aliphatic heterocycles. The van der Waals surface area contributed by atoms with E-state index in [1.54, 1.807) is 32.1 Å². The second-order valence-corrected chi connectivity index (χ2v) is 7.18. The number of ether oxygens (including phenoxy) is 1. The summed E-state index contributed by atoms with van der Waals surface area (Å²) < 4.78 is 7.01. The van der Waals surface area contributed by atoms with Crippen molar-refractivity contribution in [3.05, 3.63) is 58.4 Å². The van der Waals surface area contributed by atoms with Crippen LogP contribution in [0.1, 0.15) is 41.2 Å². The van der Waals surface area contributed by atoms with Crippen LogP contribution in [0.15, 0.2) is 35.9 Å². The van der Waals surface area contributed by atoms with Gasteiger partial charge in [0.25, 0.3) is 11.8 Å². The molecule has 0 aliphatic carbocycles. The molecule has 1 aromatic carbocycles. The van der Waals surface area contributed by atoms with Crippen LogP contribution in [0, 0.1) is 13.8 Å². The van der Waals surface area contributed by atoms with Crippen LogP contribution in [0.25, 0.3) is 11.8 Å². The van der Waals surface area contributed by atoms with Gasteiger partial charge in [0, 0.05) is 23.6 Å². The lowest BCUT2D eigenvalue weighted by atomic mass is 10.1. The van der Waals surface area contributed by atoms with Crippen molar-refractivity contribution in [2.45, 2.75) is 27.7 Å². The highest BCUT2D eigenvalue weighted by atomic mass is 32.1. The van der Waals surface area contributed by atoms with Gasteiger partial charge in [-0.25, -0.2) is 4.79 Å². The number of likely N-dealkylation sites (N-methyl/N-ethyl adjacent to an activating group) is 1. The van der Waals surface area contributed by atoms with E-state index >= 15 is 0 Å². The molecule has 1 aliphatic rings. The maximum atomic E-state index is 12.7. The number of aryl methyl sites for hydroxylation is 1. The van der Waals surface area contributed by atoms with Gasteiger partial charge >= 0.3 is 5.97 Å². The van der Waals surface area contributed by atoms with Crippen LogP contribution in [0.2, 0.25) is 0 Å². The maximum Gasteiger partial charge on any atom is 0.338 e. The number of hydrogen-bond acceptors (Lipinski definition) is 5. The number of carbonyl (C=O) groups excluding carboxylic acids is 3. The molecule has 0 spiro atoms. The van der Waals surface area contributed by atoms with Crippen molar-refractivity contribution < 1.29 is 19.1 Å². The largest absolute Gasteiger partial charge is 0.462 e. The Morgan fingerprint density at radius 1 is 1.17 bits per heavy atom. The number of benzene rings is 1. The van der Waals surface area contributed by atoms with Crippen LogP contribution in [0.4, 0.5) is 0 Å². The first-order chi connectivity index (χ1) is 14.3. The molecule has 2 amide bonds. The Kier molecular flexibility index (Phi) is 6.17. The summed E-state index contributed by atoms with van der Waals surface area (Å²) in [5.41, 5.74) is 3.92. The number of amides is 2. The summed E-state index contributed by atoms with van der Waals surface area (Å²) in [6, 6.07) is 8.99. The van der Waals surface area contributed by atoms with Gasteiger partial charge in [0.15, 0.2) is 5.11 Å². The smallest absolute Gasteiger partial charge is 0.338 e. The normalized spacial score (nSPS) is 15.5. The van der Waals surface area contributed by atoms with Crippen molar-refractivity contribution in [1.29, 1.82) is 0 Å². The van der Waals surface area contributed by atoms with Crippen molar-refractivity contribution in [1.82, 2.24) is 14.8 Å². The zero-order valence-corrected chi connectivity index (χ0v) is 18.1. The number of hydrogen-bond donors (Lipinski definition) is 1. The van der Waals surface area contributed by atoms with Crippen molar-refractivity contribution in [2.75, 3.05) is 13.2 Å². The lowest BCUT2D eigenvalue weighted by Crippen LogP contribution is -2.53. The Hall–Kier alpha value is -3.26. The summed E-state index contributed by atoms with van der Waals surface area (Å²) in [5, 5.41) is 2.68. The van der Waals surface area contributed by atoms with Crippen molar-refractivity contribution in [3.8, 4) is 5.69 Å². The molecule has 0 atom stereocenters. The zero-order chi connectivity index (χ0) is 22.0. The SMILES string of the molecule is CCOC(=O)c1ccc(-n2c(C)cc(C=C3C(=O)NC(=S)N(CC)C3=O)c2C)cc1. The minimum absolute atomic E-state index is 0.0448. The van der Waals surface area contributed by atoms with Gasteiger partial charge in [0.2, 0.25) is 0 Å². The van der Waals surface area contributed by atoms with Crippen LogP contribution in [-0.2, 0) is 14.3 Å². The quantitative estimate of drug-likeness (QED) is 0.345. The van der Waals surface area contributed by atoms with Crippen LogP contribution in [-0.4, -0.2) is 45.5 Å². The maximum absolute atomic E-state index is 12.7. The lowest BCUT2D eigenvalue weighted by molar-refractivity contribution is -0.128. The molecule has 8 heteroatoms. The summed E-state index contributed by atoms with van der Waals surface area (Å²) in [6.45, 7) is 8.10. The molecule has 0 unspecified atom stereocenters. The molecule has 156 valence electrons. The fourth-order valence-electron chi connectivity index (χ4n) is 3.43. The van der Waals surface area contributed by atoms with E-state index in [0.29, 0.717) is 18.7 Å². The number of aromatic nitrogens is 1. The number of nitrogens with one attached hydrogen (secondary N) is 1. The third-order valence-corrected chi connectivity index (χ3v) is 5.23. The molecule has 2 heterocycles. The molecule has 30 heavy (non-hydrogen) atoms. The lowest BCUT2D eigenvalue weighted by Gasteiger charge is -2.27. The second-order valence-electron chi connectivity index (χ2n) is 6.80. The van der Waals surface area contributed by atoms with Gasteiger partial charge in [-0.05, 0) is 81.9 Å². The number of thiocarbonyl (C=S) groups is 1. The van der Waals surface area contributed by atoms with Crippen LogP contribution in [0.5, 0.6) is 0 Å². The van der Waals surface area contributed by atoms with Crippen LogP contribution in [0.3, 0.4) is 0 Å². The minimum Gasteiger partial charge on any atom is -0.462 e. The Morgan fingerprint density at radius 3 is 2.43 bits per heavy atom. The molecule has 1 fully saturated rings. The Balaban J connectivity index is 1.97. The van der Waals surface area contributed by atoms with Crippen LogP contribution >= 0.6 is 12.2 Å². The van der Waals surface area contributed by atoms with Crippen molar-refractivity contribution in [2.24, 2.45) is 0 Å². The summed E-state index contributed by atoms with van der Waals surface area (Å²) in [7, 11) is 0. The number of carbonyl (C=O) groups is 3. The van der Waals surface area contributed by atoms with Gasteiger partial charge in [-0.15, -0.1) is 0 Å². The standard InChI is InChI=1S/C22H23N3O4S/c1-5-24-20(27)18(19(26)23-22(24)30)12-16-11-13(3)25(14(16)4)17-9-7-15(8-10-17)21(28)29-6-2/h7-12H,5-6H2,1-4H3,(H,23,26,30). The van der Waals surface area contributed by atoms with E-state index in [0.717, 1.165) is 22.6 Å². The molecular weight excluding hydrogens is 402 g/mol. The average molecular weight is 426 g/mol. The monoisotopic (exact) mass is 425 g/mol. The van der Waals surface area contributed by atoms with Gasteiger partial charge in [-0.3, -0.25) is 19.8 Å². The van der Waals surface area contributed by atoms with Crippen LogP contribution < -0.4 is 5.32 Å². The Bertz CT molecular complexity index is 1070. The minimum atomic E-state index is -0.502. The van der Waals surface area contributed by atoms with E-state index in [9.17, 15) is 14.4 Å². The van der Waals surface area contributed by atoms with Gasteiger partial charge in [-0.2, -0.15) is 0 Å². The molecule has 7 nitrogen and oxygen atoms in total. The first-order valence-electron chi connectivity index (χ1n) is 9.63. The number of nitrogens with zero attached hydrogens (tertiary/aromatic N) is 2. The molecule has 3 rings (SSSR count). The van der Waals surface area contributed by atoms with E-state index in [1.165, 1.54) is 4.90 Å². The van der Waals surface area contributed by atoms with E-state index < -0.39 is 11.8 Å². The first kappa shape index (κ1) is 21.4. The number of esters is 1. The predicted octanol–water partition coefficient (Wildman–Crippen LogP) is 2.92. The van der Waals surface area contributed by atoms with Gasteiger partial charge in [0.05, 0.1) is 12.2 Å². The third-order valence-electron chi connectivity index (χ3n) is 4.91. The molecule has 0 bridgehead atoms. The highest BCUT2D eigenvalue weighted by Gasteiger charge is 2.32. The van der Waals surface area contributed by atoms with Gasteiger partial charge in [0.1, 0.15) is 5.57 Å². The second kappa shape index (κ2) is 8.62. The average Bonchev–Trinajstić information content (AvgIpc) is 2.98. The molecule has 0 saturated carbocycles. The van der Waals surface area contributed by atoms with E-state index in [-0.39, 0.29) is 16.7 Å². The topological polar surface area (TPSA) is 80.6 Å². The summed E-state index contributed by atoms with van der Waals surface area (Å²) >= 11 is 5.07. The van der Waals surface area contributed by atoms with E-state index in [4.69, 9.17) is 17.0 Å². The first-order valence-corrected chi connectivity index (χ1v) is 10.0. The fraction of sp³-hybridized carbons (Fsp3) is 0.273. The highest BCUT2D eigenvalue weighted by molar-refractivity contribution is 7.80. The summed E-state index contributed by atoms with van der Waals surface area (Å²) in [5.74, 6) is -1.27. The number of rotatable bonds is 5. The van der Waals surface area contributed by atoms with Gasteiger partial charge in [-0.1, -0.05) is 0 Å². The molecule has 1 aromatic heterocycles. The Morgan fingerprint density at radius 2 is 1.83 bits per heavy atom. The highest BCUT2D eigenvalue weighted by Crippen LogP contribution is 2.24. The summed E-state index contributed by atoms with van der Waals surface area (Å²) in [6.07, 6.45) is 1.59. The molecule has 2 aromatic rings. The third kappa shape index (κ3) is 3.91. The van der Waals surface area contributed by atoms with Crippen molar-refractivity contribution in [3.63, 3.8) is 0 Å². The molecule has 1 N–H and O–H groups in total. The van der Waals surface area contributed by atoms with E-state index in [1.807, 2.05) is 36.6 Å². The fourth-order valence-corrected chi connectivity index (χ4v) is 3.73. The molecule has 0 radical (unpaired) electrons. The Labute approximate surface area is 180 Å². The van der Waals surface area contributed by atoms with Crippen molar-refractivity contribution >= 4 is 41.2 Å².